The number of para-hydroxylation sites is 2. The number of methoxy groups -OCH3 is 1. The van der Waals surface area contributed by atoms with Gasteiger partial charge in [0.15, 0.2) is 0 Å². The number of carbonyl (C=O) groups excluding carboxylic acids is 1. The van der Waals surface area contributed by atoms with Crippen LogP contribution < -0.4 is 19.1 Å². The molecule has 7 nitrogen and oxygen atoms in total. The molecule has 0 aliphatic heterocycles. The second kappa shape index (κ2) is 8.57. The van der Waals surface area contributed by atoms with E-state index in [1.165, 1.54) is 7.11 Å². The van der Waals surface area contributed by atoms with Gasteiger partial charge < -0.3 is 14.8 Å². The summed E-state index contributed by atoms with van der Waals surface area (Å²) in [6.45, 7) is 1.81. The van der Waals surface area contributed by atoms with Crippen LogP contribution in [0.15, 0.2) is 48.5 Å². The third kappa shape index (κ3) is 5.13. The average molecular weight is 378 g/mol. The van der Waals surface area contributed by atoms with Crippen LogP contribution in [0.4, 0.5) is 11.4 Å². The number of nitrogens with one attached hydrogen (secondary N) is 1. The van der Waals surface area contributed by atoms with Crippen molar-refractivity contribution >= 4 is 27.3 Å². The Morgan fingerprint density at radius 2 is 1.88 bits per heavy atom. The Labute approximate surface area is 153 Å². The summed E-state index contributed by atoms with van der Waals surface area (Å²) in [4.78, 5) is 12.4. The van der Waals surface area contributed by atoms with Crippen molar-refractivity contribution in [3.63, 3.8) is 0 Å². The van der Waals surface area contributed by atoms with Gasteiger partial charge in [0.25, 0.3) is 0 Å². The van der Waals surface area contributed by atoms with Gasteiger partial charge in [-0.05, 0) is 31.2 Å². The first kappa shape index (κ1) is 19.6. The number of sulfonamides is 1. The molecule has 0 aliphatic carbocycles. The minimum Gasteiger partial charge on any atom is -0.497 e. The number of benzene rings is 2. The first-order chi connectivity index (χ1) is 12.3. The van der Waals surface area contributed by atoms with E-state index < -0.39 is 15.9 Å². The van der Waals surface area contributed by atoms with Gasteiger partial charge in [-0.1, -0.05) is 18.2 Å². The number of carbonyl (C=O) groups is 1. The summed E-state index contributed by atoms with van der Waals surface area (Å²) in [5.41, 5.74) is 0.832. The van der Waals surface area contributed by atoms with Gasteiger partial charge >= 0.3 is 0 Å². The summed E-state index contributed by atoms with van der Waals surface area (Å²) < 4.78 is 36.1. The fourth-order valence-electron chi connectivity index (χ4n) is 2.35. The van der Waals surface area contributed by atoms with Crippen LogP contribution in [0, 0.1) is 0 Å². The molecule has 0 fully saturated rings. The van der Waals surface area contributed by atoms with Crippen molar-refractivity contribution in [2.24, 2.45) is 0 Å². The second-order valence-electron chi connectivity index (χ2n) is 5.45. The quantitative estimate of drug-likeness (QED) is 0.763. The van der Waals surface area contributed by atoms with E-state index in [0.717, 1.165) is 10.6 Å². The molecule has 0 aromatic heterocycles. The first-order valence-corrected chi connectivity index (χ1v) is 9.83. The van der Waals surface area contributed by atoms with Crippen LogP contribution in [0.2, 0.25) is 0 Å². The smallest absolute Gasteiger partial charge is 0.245 e. The maximum absolute atomic E-state index is 12.4. The minimum atomic E-state index is -3.69. The molecule has 0 unspecified atom stereocenters. The molecule has 8 heteroatoms. The molecule has 0 heterocycles. The Kier molecular flexibility index (Phi) is 6.46. The van der Waals surface area contributed by atoms with Crippen molar-refractivity contribution in [1.29, 1.82) is 0 Å². The van der Waals surface area contributed by atoms with Crippen molar-refractivity contribution in [3.8, 4) is 11.5 Å². The van der Waals surface area contributed by atoms with E-state index in [1.54, 1.807) is 55.5 Å². The van der Waals surface area contributed by atoms with Crippen molar-refractivity contribution in [3.05, 3.63) is 48.5 Å². The summed E-state index contributed by atoms with van der Waals surface area (Å²) in [5, 5.41) is 2.67. The fraction of sp³-hybridized carbons (Fsp3) is 0.278. The number of hydrogen-bond acceptors (Lipinski definition) is 5. The molecule has 140 valence electrons. The standard InChI is InChI=1S/C18H22N2O5S/c1-4-25-17-11-6-5-10-16(17)20(26(3,22)23)13-18(21)19-14-8-7-9-15(12-14)24-2/h5-12H,4,13H2,1-3H3,(H,19,21). The van der Waals surface area contributed by atoms with E-state index in [2.05, 4.69) is 5.32 Å². The highest BCUT2D eigenvalue weighted by atomic mass is 32.2. The molecule has 26 heavy (non-hydrogen) atoms. The average Bonchev–Trinajstić information content (AvgIpc) is 2.60. The molecular formula is C18H22N2O5S. The molecule has 2 aromatic rings. The van der Waals surface area contributed by atoms with Crippen LogP contribution in [-0.4, -0.2) is 40.8 Å². The largest absolute Gasteiger partial charge is 0.497 e. The highest BCUT2D eigenvalue weighted by Crippen LogP contribution is 2.29. The van der Waals surface area contributed by atoms with Crippen LogP contribution in [0.5, 0.6) is 11.5 Å². The topological polar surface area (TPSA) is 84.9 Å². The molecule has 1 N–H and O–H groups in total. The van der Waals surface area contributed by atoms with Gasteiger partial charge in [-0.3, -0.25) is 9.10 Å². The van der Waals surface area contributed by atoms with Gasteiger partial charge in [-0.2, -0.15) is 0 Å². The third-order valence-electron chi connectivity index (χ3n) is 3.47. The Hall–Kier alpha value is -2.74. The van der Waals surface area contributed by atoms with Gasteiger partial charge in [0.1, 0.15) is 18.0 Å². The van der Waals surface area contributed by atoms with Crippen molar-refractivity contribution in [2.75, 3.05) is 36.1 Å². The van der Waals surface area contributed by atoms with Crippen LogP contribution >= 0.6 is 0 Å². The fourth-order valence-corrected chi connectivity index (χ4v) is 3.21. The minimum absolute atomic E-state index is 0.317. The predicted octanol–water partition coefficient (Wildman–Crippen LogP) is 2.50. The lowest BCUT2D eigenvalue weighted by Gasteiger charge is -2.24. The zero-order valence-corrected chi connectivity index (χ0v) is 15.7. The van der Waals surface area contributed by atoms with Gasteiger partial charge in [0, 0.05) is 11.8 Å². The van der Waals surface area contributed by atoms with E-state index in [-0.39, 0.29) is 6.54 Å². The van der Waals surface area contributed by atoms with Crippen molar-refractivity contribution in [1.82, 2.24) is 0 Å². The maximum Gasteiger partial charge on any atom is 0.245 e. The molecular weight excluding hydrogens is 356 g/mol. The molecule has 2 aromatic carbocycles. The Morgan fingerprint density at radius 1 is 1.15 bits per heavy atom. The Bertz CT molecular complexity index is 867. The lowest BCUT2D eigenvalue weighted by atomic mass is 10.3. The summed E-state index contributed by atoms with van der Waals surface area (Å²) in [6, 6.07) is 13.5. The SMILES string of the molecule is CCOc1ccccc1N(CC(=O)Nc1cccc(OC)c1)S(C)(=O)=O. The summed E-state index contributed by atoms with van der Waals surface area (Å²) in [6.07, 6.45) is 1.05. The second-order valence-corrected chi connectivity index (χ2v) is 7.36. The molecule has 0 bridgehead atoms. The summed E-state index contributed by atoms with van der Waals surface area (Å²) in [7, 11) is -2.17. The number of anilines is 2. The maximum atomic E-state index is 12.4. The highest BCUT2D eigenvalue weighted by molar-refractivity contribution is 7.92. The van der Waals surface area contributed by atoms with E-state index in [0.29, 0.717) is 29.5 Å². The Balaban J connectivity index is 2.25. The number of nitrogens with zero attached hydrogens (tertiary/aromatic N) is 1. The van der Waals surface area contributed by atoms with Gasteiger partial charge in [0.05, 0.1) is 25.7 Å². The molecule has 0 aliphatic rings. The van der Waals surface area contributed by atoms with Gasteiger partial charge in [0.2, 0.25) is 15.9 Å². The van der Waals surface area contributed by atoms with E-state index in [1.807, 2.05) is 0 Å². The zero-order chi connectivity index (χ0) is 19.2. The zero-order valence-electron chi connectivity index (χ0n) is 14.9. The Morgan fingerprint density at radius 3 is 2.54 bits per heavy atom. The lowest BCUT2D eigenvalue weighted by molar-refractivity contribution is -0.114. The van der Waals surface area contributed by atoms with E-state index >= 15 is 0 Å². The van der Waals surface area contributed by atoms with Crippen LogP contribution in [-0.2, 0) is 14.8 Å². The molecule has 0 saturated heterocycles. The number of rotatable bonds is 8. The lowest BCUT2D eigenvalue weighted by Crippen LogP contribution is -2.37. The predicted molar refractivity (Wildman–Crippen MR) is 101 cm³/mol. The van der Waals surface area contributed by atoms with Crippen LogP contribution in [0.25, 0.3) is 0 Å². The van der Waals surface area contributed by atoms with Crippen molar-refractivity contribution < 1.29 is 22.7 Å². The third-order valence-corrected chi connectivity index (χ3v) is 4.60. The normalized spacial score (nSPS) is 10.9. The number of amides is 1. The highest BCUT2D eigenvalue weighted by Gasteiger charge is 2.24. The van der Waals surface area contributed by atoms with Gasteiger partial charge in [-0.15, -0.1) is 0 Å². The van der Waals surface area contributed by atoms with E-state index in [4.69, 9.17) is 9.47 Å². The summed E-state index contributed by atoms with van der Waals surface area (Å²) in [5.74, 6) is 0.508. The van der Waals surface area contributed by atoms with Crippen LogP contribution in [0.1, 0.15) is 6.92 Å². The molecule has 0 atom stereocenters. The molecule has 0 radical (unpaired) electrons. The van der Waals surface area contributed by atoms with Crippen LogP contribution in [0.3, 0.4) is 0 Å². The summed E-state index contributed by atoms with van der Waals surface area (Å²) >= 11 is 0. The monoisotopic (exact) mass is 378 g/mol. The number of ether oxygens (including phenoxy) is 2. The molecule has 2 rings (SSSR count). The molecule has 0 saturated carbocycles. The molecule has 1 amide bonds. The van der Waals surface area contributed by atoms with Gasteiger partial charge in [-0.25, -0.2) is 8.42 Å². The van der Waals surface area contributed by atoms with E-state index in [9.17, 15) is 13.2 Å². The number of hydrogen-bond donors (Lipinski definition) is 1. The first-order valence-electron chi connectivity index (χ1n) is 7.98. The molecule has 0 spiro atoms. The van der Waals surface area contributed by atoms with Crippen molar-refractivity contribution in [2.45, 2.75) is 6.92 Å².